The first-order chi connectivity index (χ1) is 43.2. The number of hydrogen-bond donors (Lipinski definition) is 0. The van der Waals surface area contributed by atoms with Gasteiger partial charge in [0.25, 0.3) is 0 Å². The van der Waals surface area contributed by atoms with Gasteiger partial charge in [-0.05, 0) is 228 Å². The van der Waals surface area contributed by atoms with Gasteiger partial charge >= 0.3 is 0 Å². The summed E-state index contributed by atoms with van der Waals surface area (Å²) in [5, 5.41) is 0. The van der Waals surface area contributed by atoms with Gasteiger partial charge in [-0.3, -0.25) is 0 Å². The third kappa shape index (κ3) is 26.9. The highest BCUT2D eigenvalue weighted by Crippen LogP contribution is 2.35. The van der Waals surface area contributed by atoms with Gasteiger partial charge in [0.15, 0.2) is 0 Å². The molecule has 0 amide bonds. The van der Waals surface area contributed by atoms with E-state index in [4.69, 9.17) is 33.2 Å². The van der Waals surface area contributed by atoms with Gasteiger partial charge in [-0.15, -0.1) is 0 Å². The van der Waals surface area contributed by atoms with Crippen molar-refractivity contribution < 1.29 is 37.5 Å². The van der Waals surface area contributed by atoms with E-state index >= 15 is 0 Å². The van der Waals surface area contributed by atoms with Crippen LogP contribution >= 0.6 is 0 Å². The van der Waals surface area contributed by atoms with Crippen LogP contribution in [0.1, 0.15) is 239 Å². The molecular weight excluding hydrogens is 1140 g/mol. The monoisotopic (exact) mass is 1270 g/mol. The van der Waals surface area contributed by atoms with Gasteiger partial charge in [-0.25, -0.2) is 4.39 Å². The van der Waals surface area contributed by atoms with Crippen LogP contribution in [0, 0.1) is 35.4 Å². The Kier molecular flexibility index (Phi) is 29.4. The van der Waals surface area contributed by atoms with E-state index in [1.165, 1.54) is 95.9 Å². The van der Waals surface area contributed by atoms with E-state index < -0.39 is 0 Å². The molecular formula is C84H127FO7. The maximum atomic E-state index is 13.8. The van der Waals surface area contributed by atoms with Gasteiger partial charge in [-0.1, -0.05) is 190 Å². The maximum Gasteiger partial charge on any atom is 0.126 e. The molecule has 5 heterocycles. The molecule has 0 saturated carbocycles. The Labute approximate surface area is 560 Å². The molecule has 0 aromatic heterocycles. The zero-order chi connectivity index (χ0) is 67.3. The van der Waals surface area contributed by atoms with Crippen LogP contribution in [0.15, 0.2) is 109 Å². The molecule has 7 nitrogen and oxygen atoms in total. The largest absolute Gasteiger partial charge is 0.497 e. The maximum absolute atomic E-state index is 13.8. The summed E-state index contributed by atoms with van der Waals surface area (Å²) >= 11 is 0. The number of methoxy groups -OCH3 is 1. The van der Waals surface area contributed by atoms with E-state index in [1.54, 1.807) is 13.2 Å². The van der Waals surface area contributed by atoms with Crippen LogP contribution in [-0.4, -0.2) is 78.3 Å². The predicted molar refractivity (Wildman–Crippen MR) is 384 cm³/mol. The van der Waals surface area contributed by atoms with Crippen LogP contribution < -0.4 is 9.47 Å². The molecule has 2 atom stereocenters. The van der Waals surface area contributed by atoms with Gasteiger partial charge < -0.3 is 33.2 Å². The summed E-state index contributed by atoms with van der Waals surface area (Å²) in [4.78, 5) is 0. The Morgan fingerprint density at radius 1 is 0.435 bits per heavy atom. The Bertz CT molecular complexity index is 2900. The molecule has 10 rings (SSSR count). The molecule has 0 spiro atoms. The van der Waals surface area contributed by atoms with Crippen molar-refractivity contribution >= 4 is 0 Å². The van der Waals surface area contributed by atoms with Gasteiger partial charge in [0.05, 0.1) is 25.9 Å². The van der Waals surface area contributed by atoms with Crippen LogP contribution in [0.25, 0.3) is 0 Å². The molecule has 8 heteroatoms. The average Bonchev–Trinajstić information content (AvgIpc) is 1.21. The Morgan fingerprint density at radius 3 is 1.38 bits per heavy atom. The van der Waals surface area contributed by atoms with Crippen LogP contribution in [0.5, 0.6) is 11.5 Å². The molecule has 92 heavy (non-hydrogen) atoms. The van der Waals surface area contributed by atoms with Crippen molar-refractivity contribution in [1.82, 2.24) is 0 Å². The zero-order valence-electron chi connectivity index (χ0n) is 61.4. The average molecular weight is 1270 g/mol. The molecule has 5 saturated heterocycles. The lowest BCUT2D eigenvalue weighted by atomic mass is 9.81. The summed E-state index contributed by atoms with van der Waals surface area (Å²) in [5.41, 5.74) is 12.8. The van der Waals surface area contributed by atoms with E-state index in [-0.39, 0.29) is 38.5 Å². The van der Waals surface area contributed by atoms with Crippen molar-refractivity contribution in [3.05, 3.63) is 165 Å². The van der Waals surface area contributed by atoms with E-state index in [9.17, 15) is 4.39 Å². The van der Waals surface area contributed by atoms with E-state index in [0.29, 0.717) is 12.0 Å². The highest BCUT2D eigenvalue weighted by molar-refractivity contribution is 5.38. The SMILES string of the molecule is CC(C)(C)c1cc(CC2CCOCC2)ccc1F.CC(C)(C)c1ccc(OC2CCOCC2)cc1.CC(Cc1cccc(C(C)(C)C)c1)C1CCOCC1.CC1(C)CC(Cc2cccc(C(C)(C)C)c2)CCO1.COc1cc(CC2CCOCC2)cc(C(C)(C)C)c1. The molecule has 0 bridgehead atoms. The van der Waals surface area contributed by atoms with Gasteiger partial charge in [0.1, 0.15) is 23.4 Å². The second-order valence-corrected chi connectivity index (χ2v) is 33.3. The molecule has 512 valence electrons. The molecule has 2 unspecified atom stereocenters. The van der Waals surface area contributed by atoms with Crippen LogP contribution in [0.3, 0.4) is 0 Å². The minimum Gasteiger partial charge on any atom is -0.497 e. The third-order valence-corrected chi connectivity index (χ3v) is 19.4. The number of ether oxygens (including phenoxy) is 7. The fraction of sp³-hybridized carbons (Fsp3) is 0.643. The summed E-state index contributed by atoms with van der Waals surface area (Å²) in [5.74, 6) is 5.69. The minimum atomic E-state index is -0.129. The number of rotatable bonds is 12. The fourth-order valence-corrected chi connectivity index (χ4v) is 13.2. The minimum absolute atomic E-state index is 0.0601. The third-order valence-electron chi connectivity index (χ3n) is 19.4. The Balaban J connectivity index is 0.000000183. The predicted octanol–water partition coefficient (Wildman–Crippen LogP) is 20.9. The van der Waals surface area contributed by atoms with Crippen molar-refractivity contribution in [3.8, 4) is 11.5 Å². The quantitative estimate of drug-likeness (QED) is 0.123. The molecule has 0 radical (unpaired) electrons. The van der Waals surface area contributed by atoms with Crippen molar-refractivity contribution in [1.29, 1.82) is 0 Å². The molecule has 5 fully saturated rings. The number of benzene rings is 5. The van der Waals surface area contributed by atoms with E-state index in [2.05, 4.69) is 216 Å². The van der Waals surface area contributed by atoms with Gasteiger partial charge in [0, 0.05) is 59.1 Å². The van der Waals surface area contributed by atoms with Gasteiger partial charge in [0.2, 0.25) is 0 Å². The fourth-order valence-electron chi connectivity index (χ4n) is 13.2. The lowest BCUT2D eigenvalue weighted by molar-refractivity contribution is -0.0721. The normalized spacial score (nSPS) is 19.3. The summed E-state index contributed by atoms with van der Waals surface area (Å²) in [6, 6.07) is 39.0. The molecule has 0 aliphatic carbocycles. The lowest BCUT2D eigenvalue weighted by Gasteiger charge is -2.35. The second-order valence-electron chi connectivity index (χ2n) is 33.3. The van der Waals surface area contributed by atoms with Crippen molar-refractivity contribution in [2.24, 2.45) is 29.6 Å². The first-order valence-corrected chi connectivity index (χ1v) is 35.6. The molecule has 5 aliphatic rings. The lowest BCUT2D eigenvalue weighted by Crippen LogP contribution is -2.34. The summed E-state index contributed by atoms with van der Waals surface area (Å²) < 4.78 is 52.6. The van der Waals surface area contributed by atoms with E-state index in [0.717, 1.165) is 139 Å². The van der Waals surface area contributed by atoms with Crippen LogP contribution in [-0.2, 0) is 76.4 Å². The number of halogens is 1. The Hall–Kier alpha value is -4.57. The molecule has 5 aromatic carbocycles. The highest BCUT2D eigenvalue weighted by Gasteiger charge is 2.30. The summed E-state index contributed by atoms with van der Waals surface area (Å²) in [6.07, 6.45) is 16.4. The van der Waals surface area contributed by atoms with E-state index in [1.807, 2.05) is 12.1 Å². The molecule has 0 N–H and O–H groups in total. The molecule has 5 aliphatic heterocycles. The molecule has 5 aromatic rings. The first-order valence-electron chi connectivity index (χ1n) is 35.6. The van der Waals surface area contributed by atoms with Crippen molar-refractivity contribution in [2.45, 2.75) is 253 Å². The zero-order valence-corrected chi connectivity index (χ0v) is 61.4. The van der Waals surface area contributed by atoms with Gasteiger partial charge in [-0.2, -0.15) is 0 Å². The standard InChI is InChI=1S/2C18H28O.C17H26O2.C16H23FO.C15H22O2/c1-17(2,3)16-8-6-7-14(12-16)11-15-9-10-19-18(4,5)13-15;1-14(16-8-10-19-11-9-16)12-15-6-5-7-17(13-15)18(2,3)4;1-17(2,3)15-10-14(11-16(12-15)18-4)9-13-5-7-19-8-6-13;1-16(2,3)14-11-13(4-5-15(14)17)10-12-6-8-18-9-7-12;1-15(2,3)12-4-6-13(7-5-12)17-14-8-10-16-11-9-14/h6-8,12,15H,9-11,13H2,1-5H3;5-7,13-14,16H,8-12H2,1-4H3;10-13H,5-9H2,1-4H3;4-5,11-12H,6-10H2,1-3H3;4-7,14H,8-11H2,1-3H3. The Morgan fingerprint density at radius 2 is 0.880 bits per heavy atom. The summed E-state index contributed by atoms with van der Waals surface area (Å²) in [7, 11) is 1.75. The van der Waals surface area contributed by atoms with Crippen molar-refractivity contribution in [2.75, 3.05) is 66.6 Å². The topological polar surface area (TPSA) is 64.6 Å². The van der Waals surface area contributed by atoms with Crippen molar-refractivity contribution in [3.63, 3.8) is 0 Å². The van der Waals surface area contributed by atoms with Crippen LogP contribution in [0.4, 0.5) is 4.39 Å². The first kappa shape index (κ1) is 76.4. The second kappa shape index (κ2) is 35.4. The number of hydrogen-bond acceptors (Lipinski definition) is 7. The van der Waals surface area contributed by atoms with Crippen LogP contribution in [0.2, 0.25) is 0 Å². The summed E-state index contributed by atoms with van der Waals surface area (Å²) in [6.45, 7) is 48.2. The smallest absolute Gasteiger partial charge is 0.126 e. The highest BCUT2D eigenvalue weighted by atomic mass is 19.1.